The number of carbonyl (C=O) groups is 3. The number of carbonyl (C=O) groups excluding carboxylic acids is 3. The Labute approximate surface area is 199 Å². The second-order valence-electron chi connectivity index (χ2n) is 6.55. The average molecular weight is 485 g/mol. The molecule has 8 nitrogen and oxygen atoms in total. The first-order valence-corrected chi connectivity index (χ1v) is 10.3. The molecule has 3 amide bonds. The van der Waals surface area contributed by atoms with Gasteiger partial charge in [0.1, 0.15) is 5.75 Å². The molecule has 0 aliphatic carbocycles. The highest BCUT2D eigenvalue weighted by atomic mass is 35.5. The van der Waals surface area contributed by atoms with Gasteiger partial charge in [-0.1, -0.05) is 47.5 Å². The van der Waals surface area contributed by atoms with E-state index in [-0.39, 0.29) is 12.5 Å². The number of nitrogens with one attached hydrogen (secondary N) is 3. The van der Waals surface area contributed by atoms with Crippen LogP contribution in [-0.4, -0.2) is 30.5 Å². The Morgan fingerprint density at radius 1 is 0.818 bits per heavy atom. The summed E-state index contributed by atoms with van der Waals surface area (Å²) in [7, 11) is 0. The van der Waals surface area contributed by atoms with Crippen molar-refractivity contribution in [3.8, 4) is 5.75 Å². The van der Waals surface area contributed by atoms with Crippen molar-refractivity contribution in [1.29, 1.82) is 0 Å². The van der Waals surface area contributed by atoms with E-state index >= 15 is 0 Å². The number of ether oxygens (including phenoxy) is 1. The van der Waals surface area contributed by atoms with Crippen molar-refractivity contribution in [1.82, 2.24) is 5.43 Å². The van der Waals surface area contributed by atoms with Gasteiger partial charge in [0.25, 0.3) is 5.91 Å². The summed E-state index contributed by atoms with van der Waals surface area (Å²) in [6, 6.07) is 19.9. The summed E-state index contributed by atoms with van der Waals surface area (Å²) in [5.41, 5.74) is 3.55. The van der Waals surface area contributed by atoms with Crippen LogP contribution in [0.4, 0.5) is 11.4 Å². The van der Waals surface area contributed by atoms with E-state index in [4.69, 9.17) is 27.9 Å². The number of nitrogens with zero attached hydrogens (tertiary/aromatic N) is 1. The molecule has 33 heavy (non-hydrogen) atoms. The molecule has 3 N–H and O–H groups in total. The molecule has 0 saturated carbocycles. The largest absolute Gasteiger partial charge is 0.483 e. The summed E-state index contributed by atoms with van der Waals surface area (Å²) in [4.78, 5) is 36.1. The summed E-state index contributed by atoms with van der Waals surface area (Å²) in [5.74, 6) is -1.89. The van der Waals surface area contributed by atoms with Gasteiger partial charge in [0.2, 0.25) is 0 Å². The Morgan fingerprint density at radius 2 is 1.45 bits per heavy atom. The predicted molar refractivity (Wildman–Crippen MR) is 128 cm³/mol. The fraction of sp³-hybridized carbons (Fsp3) is 0.0435. The van der Waals surface area contributed by atoms with Gasteiger partial charge >= 0.3 is 11.8 Å². The molecular weight excluding hydrogens is 467 g/mol. The molecule has 0 saturated heterocycles. The minimum atomic E-state index is -0.967. The Morgan fingerprint density at radius 3 is 2.12 bits per heavy atom. The van der Waals surface area contributed by atoms with Crippen LogP contribution in [-0.2, 0) is 14.4 Å². The van der Waals surface area contributed by atoms with Crippen molar-refractivity contribution in [2.45, 2.75) is 0 Å². The van der Waals surface area contributed by atoms with E-state index in [1.807, 2.05) is 0 Å². The maximum absolute atomic E-state index is 12.1. The third kappa shape index (κ3) is 7.64. The van der Waals surface area contributed by atoms with Gasteiger partial charge in [0.15, 0.2) is 6.61 Å². The Hall–Kier alpha value is -3.88. The third-order valence-corrected chi connectivity index (χ3v) is 4.51. The molecule has 0 atom stereocenters. The Balaban J connectivity index is 1.53. The van der Waals surface area contributed by atoms with Gasteiger partial charge in [-0.25, -0.2) is 5.43 Å². The van der Waals surface area contributed by atoms with Gasteiger partial charge in [-0.2, -0.15) is 5.10 Å². The molecule has 0 bridgehead atoms. The number of hydrogen-bond donors (Lipinski definition) is 3. The molecule has 0 aliphatic rings. The number of hydrogen-bond acceptors (Lipinski definition) is 5. The first-order chi connectivity index (χ1) is 15.9. The Bertz CT molecular complexity index is 1200. The summed E-state index contributed by atoms with van der Waals surface area (Å²) in [6.45, 7) is -0.258. The smallest absolute Gasteiger partial charge is 0.329 e. The van der Waals surface area contributed by atoms with Crippen molar-refractivity contribution < 1.29 is 19.1 Å². The van der Waals surface area contributed by atoms with Crippen LogP contribution in [0.5, 0.6) is 5.75 Å². The molecule has 168 valence electrons. The zero-order chi connectivity index (χ0) is 23.6. The number of para-hydroxylation sites is 1. The molecule has 3 aromatic carbocycles. The number of halogens is 2. The quantitative estimate of drug-likeness (QED) is 0.266. The molecule has 0 unspecified atom stereocenters. The number of rotatable bonds is 7. The number of anilines is 2. The molecule has 0 aliphatic heterocycles. The molecule has 0 heterocycles. The van der Waals surface area contributed by atoms with Gasteiger partial charge in [0, 0.05) is 27.0 Å². The van der Waals surface area contributed by atoms with Crippen LogP contribution in [0.2, 0.25) is 10.0 Å². The minimum Gasteiger partial charge on any atom is -0.483 e. The molecular formula is C23H18Cl2N4O4. The molecule has 0 fully saturated rings. The third-order valence-electron chi connectivity index (χ3n) is 4.04. The highest BCUT2D eigenvalue weighted by Gasteiger charge is 2.13. The summed E-state index contributed by atoms with van der Waals surface area (Å²) >= 11 is 11.8. The SMILES string of the molecule is O=C(COc1ccccc1/C=N\NC(=O)C(=O)Nc1cccc(Cl)c1)Nc1cccc(Cl)c1. The fourth-order valence-electron chi connectivity index (χ4n) is 2.59. The van der Waals surface area contributed by atoms with Gasteiger partial charge in [-0.3, -0.25) is 14.4 Å². The van der Waals surface area contributed by atoms with E-state index in [0.717, 1.165) is 0 Å². The number of amides is 3. The maximum Gasteiger partial charge on any atom is 0.329 e. The predicted octanol–water partition coefficient (Wildman–Crippen LogP) is 4.10. The van der Waals surface area contributed by atoms with Crippen LogP contribution in [0.1, 0.15) is 5.56 Å². The van der Waals surface area contributed by atoms with Crippen LogP contribution in [0.15, 0.2) is 77.9 Å². The lowest BCUT2D eigenvalue weighted by molar-refractivity contribution is -0.136. The Kier molecular flexibility index (Phi) is 8.40. The summed E-state index contributed by atoms with van der Waals surface area (Å²) in [6.07, 6.45) is 1.30. The second kappa shape index (κ2) is 11.7. The zero-order valence-electron chi connectivity index (χ0n) is 17.0. The lowest BCUT2D eigenvalue weighted by Gasteiger charge is -2.09. The molecule has 10 heteroatoms. The van der Waals surface area contributed by atoms with E-state index in [1.54, 1.807) is 66.7 Å². The van der Waals surface area contributed by atoms with Crippen molar-refractivity contribution in [2.75, 3.05) is 17.2 Å². The van der Waals surface area contributed by atoms with Crippen molar-refractivity contribution in [3.05, 3.63) is 88.4 Å². The van der Waals surface area contributed by atoms with E-state index < -0.39 is 11.8 Å². The van der Waals surface area contributed by atoms with Crippen molar-refractivity contribution in [3.63, 3.8) is 0 Å². The highest BCUT2D eigenvalue weighted by molar-refractivity contribution is 6.39. The lowest BCUT2D eigenvalue weighted by Crippen LogP contribution is -2.32. The highest BCUT2D eigenvalue weighted by Crippen LogP contribution is 2.17. The van der Waals surface area contributed by atoms with E-state index in [2.05, 4.69) is 21.2 Å². The molecule has 3 rings (SSSR count). The van der Waals surface area contributed by atoms with E-state index in [9.17, 15) is 14.4 Å². The summed E-state index contributed by atoms with van der Waals surface area (Å²) in [5, 5.41) is 9.79. The lowest BCUT2D eigenvalue weighted by atomic mass is 10.2. The zero-order valence-corrected chi connectivity index (χ0v) is 18.6. The number of hydrazone groups is 1. The fourth-order valence-corrected chi connectivity index (χ4v) is 2.97. The van der Waals surface area contributed by atoms with Crippen molar-refractivity contribution >= 4 is 58.5 Å². The minimum absolute atomic E-state index is 0.258. The van der Waals surface area contributed by atoms with Gasteiger partial charge in [0.05, 0.1) is 6.21 Å². The first-order valence-electron chi connectivity index (χ1n) is 9.58. The van der Waals surface area contributed by atoms with Crippen LogP contribution in [0.3, 0.4) is 0 Å². The van der Waals surface area contributed by atoms with Crippen LogP contribution >= 0.6 is 23.2 Å². The molecule has 0 spiro atoms. The van der Waals surface area contributed by atoms with Gasteiger partial charge < -0.3 is 15.4 Å². The van der Waals surface area contributed by atoms with Crippen LogP contribution in [0.25, 0.3) is 0 Å². The molecule has 3 aromatic rings. The van der Waals surface area contributed by atoms with Gasteiger partial charge in [-0.05, 0) is 48.5 Å². The van der Waals surface area contributed by atoms with Crippen LogP contribution in [0, 0.1) is 0 Å². The summed E-state index contributed by atoms with van der Waals surface area (Å²) < 4.78 is 5.56. The van der Waals surface area contributed by atoms with Crippen LogP contribution < -0.4 is 20.8 Å². The van der Waals surface area contributed by atoms with Gasteiger partial charge in [-0.15, -0.1) is 0 Å². The monoisotopic (exact) mass is 484 g/mol. The first kappa shape index (κ1) is 23.8. The topological polar surface area (TPSA) is 109 Å². The van der Waals surface area contributed by atoms with E-state index in [0.29, 0.717) is 32.7 Å². The van der Waals surface area contributed by atoms with E-state index in [1.165, 1.54) is 12.3 Å². The molecule has 0 radical (unpaired) electrons. The molecule has 0 aromatic heterocycles. The average Bonchev–Trinajstić information content (AvgIpc) is 2.78. The maximum atomic E-state index is 12.1. The number of benzene rings is 3. The second-order valence-corrected chi connectivity index (χ2v) is 7.42. The normalized spacial score (nSPS) is 10.5. The standard InChI is InChI=1S/C23H18Cl2N4O4/c24-16-6-3-8-18(11-16)27-21(30)14-33-20-10-2-1-5-15(20)13-26-29-23(32)22(31)28-19-9-4-7-17(25)12-19/h1-13H,14H2,(H,27,30)(H,28,31)(H,29,32)/b26-13-. The van der Waals surface area contributed by atoms with Crippen molar-refractivity contribution in [2.24, 2.45) is 5.10 Å².